The van der Waals surface area contributed by atoms with Gasteiger partial charge >= 0.3 is 0 Å². The Bertz CT molecular complexity index is 535. The van der Waals surface area contributed by atoms with Crippen LogP contribution in [0.25, 0.3) is 0 Å². The van der Waals surface area contributed by atoms with Crippen LogP contribution in [0.4, 0.5) is 5.69 Å². The minimum Gasteiger partial charge on any atom is -0.496 e. The minimum absolute atomic E-state index is 0.143. The second-order valence-corrected chi connectivity index (χ2v) is 4.90. The summed E-state index contributed by atoms with van der Waals surface area (Å²) in [4.78, 5) is 2.09. The Labute approximate surface area is 126 Å². The largest absolute Gasteiger partial charge is 0.496 e. The number of hydrogen-bond acceptors (Lipinski definition) is 4. The Kier molecular flexibility index (Phi) is 5.06. The van der Waals surface area contributed by atoms with Crippen molar-refractivity contribution >= 4 is 5.69 Å². The molecule has 0 aliphatic carbocycles. The average molecular weight is 286 g/mol. The van der Waals surface area contributed by atoms with Crippen LogP contribution in [-0.2, 0) is 0 Å². The molecule has 2 aromatic rings. The van der Waals surface area contributed by atoms with Gasteiger partial charge in [-0.05, 0) is 18.2 Å². The zero-order chi connectivity index (χ0) is 15.2. The fraction of sp³-hybridized carbons (Fsp3) is 0.294. The van der Waals surface area contributed by atoms with E-state index in [0.29, 0.717) is 6.54 Å². The lowest BCUT2D eigenvalue weighted by Gasteiger charge is -2.26. The highest BCUT2D eigenvalue weighted by Crippen LogP contribution is 2.29. The van der Waals surface area contributed by atoms with Gasteiger partial charge in [0.1, 0.15) is 11.5 Å². The molecule has 4 nitrogen and oxygen atoms in total. The van der Waals surface area contributed by atoms with E-state index in [4.69, 9.17) is 15.2 Å². The van der Waals surface area contributed by atoms with Crippen molar-refractivity contribution in [2.75, 3.05) is 32.7 Å². The van der Waals surface area contributed by atoms with Gasteiger partial charge < -0.3 is 20.1 Å². The van der Waals surface area contributed by atoms with Gasteiger partial charge in [0.05, 0.1) is 25.9 Å². The summed E-state index contributed by atoms with van der Waals surface area (Å²) in [6.45, 7) is 0.667. The summed E-state index contributed by atoms with van der Waals surface area (Å²) in [5, 5.41) is 0. The molecule has 0 aliphatic heterocycles. The van der Waals surface area contributed by atoms with Crippen LogP contribution in [0.5, 0.6) is 11.5 Å². The number of methoxy groups -OCH3 is 2. The highest BCUT2D eigenvalue weighted by molar-refractivity contribution is 5.58. The fourth-order valence-corrected chi connectivity index (χ4v) is 2.41. The number of para-hydroxylation sites is 3. The van der Waals surface area contributed by atoms with E-state index in [1.807, 2.05) is 55.6 Å². The molecule has 4 heteroatoms. The van der Waals surface area contributed by atoms with E-state index >= 15 is 0 Å². The first-order valence-corrected chi connectivity index (χ1v) is 6.90. The molecule has 2 aromatic carbocycles. The third kappa shape index (κ3) is 3.47. The molecule has 21 heavy (non-hydrogen) atoms. The van der Waals surface area contributed by atoms with Crippen LogP contribution in [0.3, 0.4) is 0 Å². The minimum atomic E-state index is -0.143. The second kappa shape index (κ2) is 6.99. The van der Waals surface area contributed by atoms with Crippen molar-refractivity contribution in [3.05, 3.63) is 54.1 Å². The Morgan fingerprint density at radius 2 is 1.52 bits per heavy atom. The molecule has 0 bridgehead atoms. The van der Waals surface area contributed by atoms with Crippen LogP contribution in [0.2, 0.25) is 0 Å². The first-order valence-electron chi connectivity index (χ1n) is 6.90. The van der Waals surface area contributed by atoms with E-state index < -0.39 is 0 Å². The number of ether oxygens (including phenoxy) is 2. The van der Waals surface area contributed by atoms with Gasteiger partial charge in [-0.2, -0.15) is 0 Å². The summed E-state index contributed by atoms with van der Waals surface area (Å²) in [5.74, 6) is 1.66. The first kappa shape index (κ1) is 15.2. The lowest BCUT2D eigenvalue weighted by molar-refractivity contribution is 0.405. The lowest BCUT2D eigenvalue weighted by Crippen LogP contribution is -2.29. The van der Waals surface area contributed by atoms with Gasteiger partial charge in [-0.15, -0.1) is 0 Å². The van der Waals surface area contributed by atoms with Crippen molar-refractivity contribution in [1.29, 1.82) is 0 Å². The highest BCUT2D eigenvalue weighted by atomic mass is 16.5. The van der Waals surface area contributed by atoms with Crippen LogP contribution in [0, 0.1) is 0 Å². The summed E-state index contributed by atoms with van der Waals surface area (Å²) in [6.07, 6.45) is 0. The zero-order valence-corrected chi connectivity index (χ0v) is 12.7. The molecule has 0 aliphatic rings. The summed E-state index contributed by atoms with van der Waals surface area (Å²) in [7, 11) is 5.34. The van der Waals surface area contributed by atoms with E-state index in [2.05, 4.69) is 4.90 Å². The predicted octanol–water partition coefficient (Wildman–Crippen LogP) is 2.84. The molecule has 112 valence electrons. The summed E-state index contributed by atoms with van der Waals surface area (Å²) >= 11 is 0. The summed E-state index contributed by atoms with van der Waals surface area (Å²) < 4.78 is 10.8. The number of benzene rings is 2. The first-order chi connectivity index (χ1) is 10.2. The number of hydrogen-bond donors (Lipinski definition) is 1. The SMILES string of the molecule is COc1ccccc1C(N)CN(C)c1ccccc1OC. The molecule has 2 rings (SSSR count). The molecule has 0 aromatic heterocycles. The molecule has 0 amide bonds. The molecule has 2 N–H and O–H groups in total. The van der Waals surface area contributed by atoms with Crippen LogP contribution < -0.4 is 20.1 Å². The van der Waals surface area contributed by atoms with Crippen molar-refractivity contribution < 1.29 is 9.47 Å². The highest BCUT2D eigenvalue weighted by Gasteiger charge is 2.15. The Hall–Kier alpha value is -2.20. The molecule has 1 atom stereocenters. The molecule has 0 spiro atoms. The molecule has 0 heterocycles. The van der Waals surface area contributed by atoms with Crippen LogP contribution in [0.1, 0.15) is 11.6 Å². The third-order valence-electron chi connectivity index (χ3n) is 3.51. The number of anilines is 1. The van der Waals surface area contributed by atoms with Crippen molar-refractivity contribution in [3.63, 3.8) is 0 Å². The maximum absolute atomic E-state index is 6.34. The maximum Gasteiger partial charge on any atom is 0.142 e. The quantitative estimate of drug-likeness (QED) is 0.887. The van der Waals surface area contributed by atoms with Crippen molar-refractivity contribution in [2.45, 2.75) is 6.04 Å². The predicted molar refractivity (Wildman–Crippen MR) is 86.2 cm³/mol. The van der Waals surface area contributed by atoms with Gasteiger partial charge in [0.15, 0.2) is 0 Å². The van der Waals surface area contributed by atoms with Gasteiger partial charge in [-0.3, -0.25) is 0 Å². The molecule has 0 saturated carbocycles. The average Bonchev–Trinajstić information content (AvgIpc) is 2.54. The molecular formula is C17H22N2O2. The molecule has 1 unspecified atom stereocenters. The van der Waals surface area contributed by atoms with Gasteiger partial charge in [0.25, 0.3) is 0 Å². The third-order valence-corrected chi connectivity index (χ3v) is 3.51. The number of likely N-dealkylation sites (N-methyl/N-ethyl adjacent to an activating group) is 1. The maximum atomic E-state index is 6.34. The fourth-order valence-electron chi connectivity index (χ4n) is 2.41. The van der Waals surface area contributed by atoms with E-state index in [1.54, 1.807) is 14.2 Å². The van der Waals surface area contributed by atoms with E-state index in [-0.39, 0.29) is 6.04 Å². The molecule has 0 saturated heterocycles. The topological polar surface area (TPSA) is 47.7 Å². The van der Waals surface area contributed by atoms with Gasteiger partial charge in [0, 0.05) is 19.2 Å². The zero-order valence-electron chi connectivity index (χ0n) is 12.7. The van der Waals surface area contributed by atoms with Crippen LogP contribution >= 0.6 is 0 Å². The molecule has 0 radical (unpaired) electrons. The Morgan fingerprint density at radius 1 is 0.952 bits per heavy atom. The van der Waals surface area contributed by atoms with Crippen LogP contribution in [0.15, 0.2) is 48.5 Å². The Balaban J connectivity index is 2.17. The lowest BCUT2D eigenvalue weighted by atomic mass is 10.1. The van der Waals surface area contributed by atoms with Crippen molar-refractivity contribution in [2.24, 2.45) is 5.73 Å². The smallest absolute Gasteiger partial charge is 0.142 e. The normalized spacial score (nSPS) is 11.8. The Morgan fingerprint density at radius 3 is 2.19 bits per heavy atom. The van der Waals surface area contributed by atoms with Crippen molar-refractivity contribution in [1.82, 2.24) is 0 Å². The number of nitrogens with two attached hydrogens (primary N) is 1. The molecular weight excluding hydrogens is 264 g/mol. The van der Waals surface area contributed by atoms with Gasteiger partial charge in [0.2, 0.25) is 0 Å². The number of nitrogens with zero attached hydrogens (tertiary/aromatic N) is 1. The van der Waals surface area contributed by atoms with E-state index in [1.165, 1.54) is 0 Å². The standard InChI is InChI=1S/C17H22N2O2/c1-19(15-9-5-7-11-17(15)21-3)12-14(18)13-8-4-6-10-16(13)20-2/h4-11,14H,12,18H2,1-3H3. The van der Waals surface area contributed by atoms with Gasteiger partial charge in [-0.1, -0.05) is 30.3 Å². The van der Waals surface area contributed by atoms with E-state index in [0.717, 1.165) is 22.7 Å². The second-order valence-electron chi connectivity index (χ2n) is 4.90. The van der Waals surface area contributed by atoms with E-state index in [9.17, 15) is 0 Å². The number of rotatable bonds is 6. The molecule has 0 fully saturated rings. The van der Waals surface area contributed by atoms with Crippen LogP contribution in [-0.4, -0.2) is 27.8 Å². The summed E-state index contributed by atoms with van der Waals surface area (Å²) in [5.41, 5.74) is 8.36. The monoisotopic (exact) mass is 286 g/mol. The van der Waals surface area contributed by atoms with Crippen molar-refractivity contribution in [3.8, 4) is 11.5 Å². The van der Waals surface area contributed by atoms with Gasteiger partial charge in [-0.25, -0.2) is 0 Å². The summed E-state index contributed by atoms with van der Waals surface area (Å²) in [6, 6.07) is 15.6.